The van der Waals surface area contributed by atoms with Crippen LogP contribution < -0.4 is 10.6 Å². The summed E-state index contributed by atoms with van der Waals surface area (Å²) < 4.78 is 5.66. The van der Waals surface area contributed by atoms with Crippen LogP contribution in [0.1, 0.15) is 68.1 Å². The topological polar surface area (TPSA) is 104 Å². The summed E-state index contributed by atoms with van der Waals surface area (Å²) in [6, 6.07) is 17.8. The number of nitriles is 1. The van der Waals surface area contributed by atoms with Crippen LogP contribution in [0.2, 0.25) is 0 Å². The van der Waals surface area contributed by atoms with Crippen molar-refractivity contribution < 1.29 is 9.21 Å². The fourth-order valence-corrected chi connectivity index (χ4v) is 4.44. The molecule has 0 saturated carbocycles. The van der Waals surface area contributed by atoms with E-state index in [1.54, 1.807) is 12.4 Å². The molecule has 2 atom stereocenters. The molecule has 0 aliphatic heterocycles. The fraction of sp³-hybridized carbons (Fsp3) is 0.333. The maximum Gasteiger partial charge on any atom is 0.256 e. The lowest BCUT2D eigenvalue weighted by atomic mass is 9.96. The molecule has 0 spiro atoms. The highest BCUT2D eigenvalue weighted by Gasteiger charge is 2.22. The number of aromatic nitrogens is 2. The highest BCUT2D eigenvalue weighted by atomic mass is 16.3. The first kappa shape index (κ1) is 25.9. The van der Waals surface area contributed by atoms with Crippen LogP contribution in [-0.2, 0) is 6.54 Å². The van der Waals surface area contributed by atoms with Crippen LogP contribution in [-0.4, -0.2) is 21.9 Å². The second-order valence-electron chi connectivity index (χ2n) is 9.46. The Morgan fingerprint density at radius 2 is 1.95 bits per heavy atom. The van der Waals surface area contributed by atoms with Gasteiger partial charge in [-0.25, -0.2) is 4.98 Å². The fourth-order valence-electron chi connectivity index (χ4n) is 4.44. The van der Waals surface area contributed by atoms with Crippen molar-refractivity contribution in [2.24, 2.45) is 5.92 Å². The molecule has 0 aliphatic rings. The van der Waals surface area contributed by atoms with Crippen LogP contribution in [0, 0.1) is 17.2 Å². The van der Waals surface area contributed by atoms with E-state index in [1.807, 2.05) is 54.6 Å². The summed E-state index contributed by atoms with van der Waals surface area (Å²) >= 11 is 0. The predicted molar refractivity (Wildman–Crippen MR) is 146 cm³/mol. The molecule has 0 aliphatic carbocycles. The number of carbonyl (C=O) groups excluding carboxylic acids is 1. The predicted octanol–water partition coefficient (Wildman–Crippen LogP) is 6.71. The van der Waals surface area contributed by atoms with Gasteiger partial charge in [-0.05, 0) is 42.5 Å². The van der Waals surface area contributed by atoms with E-state index in [2.05, 4.69) is 41.4 Å². The number of pyridine rings is 2. The van der Waals surface area contributed by atoms with Crippen molar-refractivity contribution in [3.05, 3.63) is 77.8 Å². The normalized spacial score (nSPS) is 12.6. The van der Waals surface area contributed by atoms with Crippen LogP contribution in [0.4, 0.5) is 5.82 Å². The summed E-state index contributed by atoms with van der Waals surface area (Å²) in [6.45, 7) is 6.95. The average Bonchev–Trinajstić information content (AvgIpc) is 3.30. The van der Waals surface area contributed by atoms with E-state index in [0.29, 0.717) is 35.3 Å². The summed E-state index contributed by atoms with van der Waals surface area (Å²) in [5.74, 6) is 0.914. The van der Waals surface area contributed by atoms with Gasteiger partial charge in [0, 0.05) is 29.7 Å². The van der Waals surface area contributed by atoms with Gasteiger partial charge >= 0.3 is 0 Å². The summed E-state index contributed by atoms with van der Waals surface area (Å²) in [7, 11) is 0. The van der Waals surface area contributed by atoms with Crippen LogP contribution in [0.3, 0.4) is 0 Å². The standard InChI is InChI=1S/C30H33N5O2/c1-4-8-23(15-20(3)5-2)35-28-16-24-27(19-33-28)37-26(17-31)29(24)30(36)34-18-21-10-12-22(13-11-21)25-9-6-7-14-32-25/h6-7,9-14,16,19-20,23H,4-5,8,15,18H2,1-3H3,(H,33,35)(H,34,36). The number of amides is 1. The molecule has 0 saturated heterocycles. The molecule has 7 nitrogen and oxygen atoms in total. The Bertz CT molecular complexity index is 1370. The molecule has 1 amide bonds. The number of furan rings is 1. The van der Waals surface area contributed by atoms with Gasteiger partial charge in [-0.1, -0.05) is 63.9 Å². The van der Waals surface area contributed by atoms with Gasteiger partial charge in [-0.3, -0.25) is 9.78 Å². The van der Waals surface area contributed by atoms with Crippen LogP contribution in [0.25, 0.3) is 22.2 Å². The first-order valence-corrected chi connectivity index (χ1v) is 12.9. The highest BCUT2D eigenvalue weighted by molar-refractivity contribution is 6.08. The molecule has 4 rings (SSSR count). The average molecular weight is 496 g/mol. The van der Waals surface area contributed by atoms with Crippen molar-refractivity contribution in [2.45, 2.75) is 59.0 Å². The molecular weight excluding hydrogens is 462 g/mol. The number of nitrogens with zero attached hydrogens (tertiary/aromatic N) is 3. The number of hydrogen-bond donors (Lipinski definition) is 2. The molecule has 1 aromatic carbocycles. The Morgan fingerprint density at radius 1 is 1.14 bits per heavy atom. The summed E-state index contributed by atoms with van der Waals surface area (Å²) in [6.07, 6.45) is 7.61. The second-order valence-corrected chi connectivity index (χ2v) is 9.46. The minimum atomic E-state index is -0.356. The van der Waals surface area contributed by atoms with E-state index in [1.165, 1.54) is 0 Å². The van der Waals surface area contributed by atoms with Crippen molar-refractivity contribution >= 4 is 22.7 Å². The third-order valence-corrected chi connectivity index (χ3v) is 6.65. The molecule has 37 heavy (non-hydrogen) atoms. The van der Waals surface area contributed by atoms with Crippen molar-refractivity contribution in [3.8, 4) is 17.3 Å². The Kier molecular flexibility index (Phi) is 8.52. The van der Waals surface area contributed by atoms with Gasteiger partial charge in [0.05, 0.1) is 11.9 Å². The minimum absolute atomic E-state index is 0.0123. The molecule has 3 aromatic heterocycles. The molecule has 0 fully saturated rings. The molecule has 0 radical (unpaired) electrons. The molecule has 2 N–H and O–H groups in total. The molecule has 2 unspecified atom stereocenters. The number of benzene rings is 1. The van der Waals surface area contributed by atoms with Crippen molar-refractivity contribution in [2.75, 3.05) is 5.32 Å². The van der Waals surface area contributed by atoms with E-state index in [4.69, 9.17) is 4.42 Å². The smallest absolute Gasteiger partial charge is 0.256 e. The van der Waals surface area contributed by atoms with Crippen molar-refractivity contribution in [1.29, 1.82) is 5.26 Å². The van der Waals surface area contributed by atoms with E-state index in [-0.39, 0.29) is 17.2 Å². The van der Waals surface area contributed by atoms with Gasteiger partial charge in [0.15, 0.2) is 5.58 Å². The zero-order valence-electron chi connectivity index (χ0n) is 21.6. The number of rotatable bonds is 11. The molecule has 0 bridgehead atoms. The third kappa shape index (κ3) is 6.34. The lowest BCUT2D eigenvalue weighted by molar-refractivity contribution is 0.0951. The zero-order valence-corrected chi connectivity index (χ0v) is 21.6. The van der Waals surface area contributed by atoms with Gasteiger partial charge in [-0.2, -0.15) is 5.26 Å². The first-order chi connectivity index (χ1) is 18.0. The largest absolute Gasteiger partial charge is 0.443 e. The third-order valence-electron chi connectivity index (χ3n) is 6.65. The van der Waals surface area contributed by atoms with Gasteiger partial charge in [0.25, 0.3) is 5.91 Å². The monoisotopic (exact) mass is 495 g/mol. The highest BCUT2D eigenvalue weighted by Crippen LogP contribution is 2.28. The van der Waals surface area contributed by atoms with Crippen molar-refractivity contribution in [1.82, 2.24) is 15.3 Å². The number of hydrogen-bond acceptors (Lipinski definition) is 6. The Hall–Kier alpha value is -4.18. The lowest BCUT2D eigenvalue weighted by Crippen LogP contribution is -2.24. The quantitative estimate of drug-likeness (QED) is 0.240. The van der Waals surface area contributed by atoms with Gasteiger partial charge < -0.3 is 15.1 Å². The van der Waals surface area contributed by atoms with E-state index >= 15 is 0 Å². The summed E-state index contributed by atoms with van der Waals surface area (Å²) in [5.41, 5.74) is 3.49. The molecule has 190 valence electrons. The molecule has 7 heteroatoms. The maximum absolute atomic E-state index is 13.2. The maximum atomic E-state index is 13.2. The second kappa shape index (κ2) is 12.2. The molecule has 3 heterocycles. The van der Waals surface area contributed by atoms with Crippen LogP contribution in [0.15, 0.2) is 65.3 Å². The van der Waals surface area contributed by atoms with Crippen molar-refractivity contribution in [3.63, 3.8) is 0 Å². The molecule has 4 aromatic rings. The minimum Gasteiger partial charge on any atom is -0.443 e. The Balaban J connectivity index is 1.51. The summed E-state index contributed by atoms with van der Waals surface area (Å²) in [5, 5.41) is 16.7. The van der Waals surface area contributed by atoms with E-state index < -0.39 is 0 Å². The van der Waals surface area contributed by atoms with Gasteiger partial charge in [0.2, 0.25) is 5.76 Å². The Morgan fingerprint density at radius 3 is 2.62 bits per heavy atom. The number of carbonyl (C=O) groups is 1. The zero-order chi connectivity index (χ0) is 26.2. The lowest BCUT2D eigenvalue weighted by Gasteiger charge is -2.21. The van der Waals surface area contributed by atoms with Crippen LogP contribution in [0.5, 0.6) is 0 Å². The van der Waals surface area contributed by atoms with Gasteiger partial charge in [0.1, 0.15) is 17.5 Å². The first-order valence-electron chi connectivity index (χ1n) is 12.9. The van der Waals surface area contributed by atoms with Crippen LogP contribution >= 0.6 is 0 Å². The van der Waals surface area contributed by atoms with E-state index in [0.717, 1.165) is 42.5 Å². The van der Waals surface area contributed by atoms with Gasteiger partial charge in [-0.15, -0.1) is 0 Å². The Labute approximate surface area is 217 Å². The number of anilines is 1. The number of nitrogens with one attached hydrogen (secondary N) is 2. The molecular formula is C30H33N5O2. The summed E-state index contributed by atoms with van der Waals surface area (Å²) in [4.78, 5) is 22.1. The number of fused-ring (bicyclic) bond motifs is 1. The SMILES string of the molecule is CCCC(CC(C)CC)Nc1cc2c(C(=O)NCc3ccc(-c4ccccn4)cc3)c(C#N)oc2cn1. The van der Waals surface area contributed by atoms with E-state index in [9.17, 15) is 10.1 Å².